The van der Waals surface area contributed by atoms with Gasteiger partial charge in [-0.15, -0.1) is 0 Å². The first-order valence-corrected chi connectivity index (χ1v) is 11.5. The number of piperazine rings is 1. The van der Waals surface area contributed by atoms with Gasteiger partial charge in [0.2, 0.25) is 0 Å². The van der Waals surface area contributed by atoms with Crippen LogP contribution in [0.5, 0.6) is 0 Å². The molecular weight excluding hydrogens is 412 g/mol. The maximum Gasteiger partial charge on any atom is 0.328 e. The first-order chi connectivity index (χ1) is 15.1. The summed E-state index contributed by atoms with van der Waals surface area (Å²) in [6.07, 6.45) is 4.27. The second kappa shape index (κ2) is 8.52. The number of benzene rings is 2. The summed E-state index contributed by atoms with van der Waals surface area (Å²) < 4.78 is 1.34. The van der Waals surface area contributed by atoms with Crippen molar-refractivity contribution in [3.05, 3.63) is 74.4 Å². The number of halogens is 1. The van der Waals surface area contributed by atoms with Crippen LogP contribution in [-0.2, 0) is 6.54 Å². The number of hydrogen-bond donors (Lipinski definition) is 1. The largest absolute Gasteiger partial charge is 0.368 e. The molecular formula is C24H27ClN4O2. The number of hydrogen-bond acceptors (Lipinski definition) is 4. The van der Waals surface area contributed by atoms with Crippen molar-refractivity contribution >= 4 is 28.2 Å². The molecule has 162 valence electrons. The van der Waals surface area contributed by atoms with Crippen LogP contribution >= 0.6 is 11.6 Å². The van der Waals surface area contributed by atoms with Crippen molar-refractivity contribution in [3.63, 3.8) is 0 Å². The number of rotatable bonds is 6. The molecule has 2 aliphatic heterocycles. The lowest BCUT2D eigenvalue weighted by Gasteiger charge is -2.42. The normalized spacial score (nSPS) is 21.1. The third kappa shape index (κ3) is 4.02. The average molecular weight is 439 g/mol. The van der Waals surface area contributed by atoms with E-state index in [9.17, 15) is 9.59 Å². The molecule has 6 nitrogen and oxygen atoms in total. The highest BCUT2D eigenvalue weighted by Gasteiger charge is 2.39. The van der Waals surface area contributed by atoms with Crippen molar-refractivity contribution < 1.29 is 0 Å². The second-order valence-corrected chi connectivity index (χ2v) is 9.08. The van der Waals surface area contributed by atoms with Gasteiger partial charge < -0.3 is 9.88 Å². The number of aromatic amines is 1. The fraction of sp³-hybridized carbons (Fsp3) is 0.417. The summed E-state index contributed by atoms with van der Waals surface area (Å²) in [7, 11) is 0. The van der Waals surface area contributed by atoms with Crippen LogP contribution in [0.15, 0.2) is 58.1 Å². The number of aromatic nitrogens is 2. The fourth-order valence-electron chi connectivity index (χ4n) is 5.18. The van der Waals surface area contributed by atoms with Crippen LogP contribution in [0.2, 0.25) is 5.02 Å². The molecule has 5 rings (SSSR count). The van der Waals surface area contributed by atoms with E-state index in [1.54, 1.807) is 12.1 Å². The highest BCUT2D eigenvalue weighted by Crippen LogP contribution is 2.33. The minimum Gasteiger partial charge on any atom is -0.368 e. The van der Waals surface area contributed by atoms with Gasteiger partial charge in [-0.3, -0.25) is 14.3 Å². The van der Waals surface area contributed by atoms with E-state index in [0.29, 0.717) is 29.5 Å². The molecule has 31 heavy (non-hydrogen) atoms. The summed E-state index contributed by atoms with van der Waals surface area (Å²) in [6.45, 7) is 3.56. The van der Waals surface area contributed by atoms with Crippen molar-refractivity contribution in [2.24, 2.45) is 0 Å². The van der Waals surface area contributed by atoms with Crippen molar-refractivity contribution in [2.45, 2.75) is 44.3 Å². The zero-order valence-corrected chi connectivity index (χ0v) is 18.2. The number of H-pyrrole nitrogens is 1. The van der Waals surface area contributed by atoms with Crippen LogP contribution in [-0.4, -0.2) is 46.2 Å². The van der Waals surface area contributed by atoms with Crippen molar-refractivity contribution in [1.82, 2.24) is 14.5 Å². The van der Waals surface area contributed by atoms with E-state index >= 15 is 0 Å². The molecule has 2 aliphatic rings. The van der Waals surface area contributed by atoms with Crippen molar-refractivity contribution in [1.29, 1.82) is 0 Å². The Morgan fingerprint density at radius 2 is 1.58 bits per heavy atom. The Hall–Kier alpha value is -2.57. The topological polar surface area (TPSA) is 61.3 Å². The first-order valence-electron chi connectivity index (χ1n) is 11.1. The third-order valence-corrected chi connectivity index (χ3v) is 7.01. The van der Waals surface area contributed by atoms with Crippen LogP contribution in [0.1, 0.15) is 25.7 Å². The minimum atomic E-state index is -0.319. The zero-order valence-electron chi connectivity index (χ0n) is 17.5. The lowest BCUT2D eigenvalue weighted by molar-refractivity contribution is 0.165. The Morgan fingerprint density at radius 1 is 0.903 bits per heavy atom. The zero-order chi connectivity index (χ0) is 21.4. The van der Waals surface area contributed by atoms with Crippen LogP contribution < -0.4 is 16.1 Å². The highest BCUT2D eigenvalue weighted by atomic mass is 35.5. The summed E-state index contributed by atoms with van der Waals surface area (Å²) in [4.78, 5) is 32.9. The number of anilines is 1. The molecule has 1 aromatic heterocycles. The van der Waals surface area contributed by atoms with Gasteiger partial charge in [-0.2, -0.15) is 0 Å². The predicted molar refractivity (Wildman–Crippen MR) is 125 cm³/mol. The Bertz CT molecular complexity index is 1170. The van der Waals surface area contributed by atoms with Gasteiger partial charge in [-0.1, -0.05) is 23.7 Å². The van der Waals surface area contributed by atoms with Gasteiger partial charge in [-0.25, -0.2) is 4.79 Å². The van der Waals surface area contributed by atoms with Gasteiger partial charge in [0.05, 0.1) is 10.9 Å². The third-order valence-electron chi connectivity index (χ3n) is 6.76. The Labute approximate surface area is 186 Å². The maximum absolute atomic E-state index is 12.7. The average Bonchev–Trinajstić information content (AvgIpc) is 3.00. The van der Waals surface area contributed by atoms with Crippen molar-refractivity contribution in [2.75, 3.05) is 24.5 Å². The van der Waals surface area contributed by atoms with Gasteiger partial charge in [0, 0.05) is 42.4 Å². The van der Waals surface area contributed by atoms with Gasteiger partial charge in [0.25, 0.3) is 5.56 Å². The van der Waals surface area contributed by atoms with Crippen LogP contribution in [0.4, 0.5) is 5.69 Å². The summed E-state index contributed by atoms with van der Waals surface area (Å²) in [5.74, 6) is 0. The van der Waals surface area contributed by atoms with Crippen LogP contribution in [0.3, 0.4) is 0 Å². The molecule has 2 atom stereocenters. The molecule has 0 spiro atoms. The number of nitrogens with one attached hydrogen (secondary N) is 1. The molecule has 0 saturated carbocycles. The monoisotopic (exact) mass is 438 g/mol. The molecule has 2 saturated heterocycles. The first kappa shape index (κ1) is 20.3. The van der Waals surface area contributed by atoms with Gasteiger partial charge in [0.1, 0.15) is 0 Å². The lowest BCUT2D eigenvalue weighted by Crippen LogP contribution is -2.54. The van der Waals surface area contributed by atoms with E-state index in [4.69, 9.17) is 11.6 Å². The summed E-state index contributed by atoms with van der Waals surface area (Å²) in [5.41, 5.74) is 1.33. The van der Waals surface area contributed by atoms with E-state index in [-0.39, 0.29) is 11.2 Å². The molecule has 3 aromatic rings. The summed E-state index contributed by atoms with van der Waals surface area (Å²) >= 11 is 6.04. The van der Waals surface area contributed by atoms with Gasteiger partial charge in [0.15, 0.2) is 0 Å². The van der Waals surface area contributed by atoms with E-state index in [2.05, 4.69) is 26.9 Å². The lowest BCUT2D eigenvalue weighted by atomic mass is 10.1. The number of fused-ring (bicyclic) bond motifs is 3. The maximum atomic E-state index is 12.7. The van der Waals surface area contributed by atoms with Crippen molar-refractivity contribution in [3.8, 4) is 0 Å². The molecule has 3 heterocycles. The molecule has 1 N–H and O–H groups in total. The van der Waals surface area contributed by atoms with Crippen LogP contribution in [0, 0.1) is 0 Å². The summed E-state index contributed by atoms with van der Waals surface area (Å²) in [5, 5.41) is 1.34. The number of unbranched alkanes of at least 4 members (excludes halogenated alkanes) is 1. The summed E-state index contributed by atoms with van der Waals surface area (Å²) in [6, 6.07) is 16.5. The van der Waals surface area contributed by atoms with E-state index in [1.807, 2.05) is 24.3 Å². The molecule has 2 unspecified atom stereocenters. The molecule has 0 aliphatic carbocycles. The predicted octanol–water partition coefficient (Wildman–Crippen LogP) is 3.48. The molecule has 2 fully saturated rings. The molecule has 2 bridgehead atoms. The van der Waals surface area contributed by atoms with E-state index < -0.39 is 0 Å². The number of nitrogens with zero attached hydrogens (tertiary/aromatic N) is 3. The van der Waals surface area contributed by atoms with E-state index in [1.165, 1.54) is 23.1 Å². The van der Waals surface area contributed by atoms with E-state index in [0.717, 1.165) is 37.5 Å². The van der Waals surface area contributed by atoms with Crippen LogP contribution in [0.25, 0.3) is 10.9 Å². The molecule has 0 radical (unpaired) electrons. The molecule has 0 amide bonds. The Kier molecular flexibility index (Phi) is 5.59. The SMILES string of the molecule is O=c1[nH]c2ccccc2c(=O)n1CCCCN1C2CCC1CN(c1ccc(Cl)cc1)C2. The fourth-order valence-corrected chi connectivity index (χ4v) is 5.31. The highest BCUT2D eigenvalue weighted by molar-refractivity contribution is 6.30. The Morgan fingerprint density at radius 3 is 2.32 bits per heavy atom. The standard InChI is InChI=1S/C24H27ClN4O2/c25-17-7-9-18(10-8-17)27-15-19-11-12-20(16-27)28(19)13-3-4-14-29-23(30)21-5-1-2-6-22(21)26-24(29)31/h1-2,5-10,19-20H,3-4,11-16H2,(H,26,31). The van der Waals surface area contributed by atoms with Gasteiger partial charge >= 0.3 is 5.69 Å². The quantitative estimate of drug-likeness (QED) is 0.598. The Balaban J connectivity index is 1.19. The number of para-hydroxylation sites is 1. The smallest absolute Gasteiger partial charge is 0.328 e. The second-order valence-electron chi connectivity index (χ2n) is 8.64. The van der Waals surface area contributed by atoms with Gasteiger partial charge in [-0.05, 0) is 68.6 Å². The minimum absolute atomic E-state index is 0.198. The molecule has 7 heteroatoms. The molecule has 2 aromatic carbocycles.